The Morgan fingerprint density at radius 2 is 1.35 bits per heavy atom. The van der Waals surface area contributed by atoms with Crippen molar-refractivity contribution in [2.45, 2.75) is 85.5 Å². The molecule has 0 bridgehead atoms. The SMILES string of the molecule is Cc1ccc(CC2CCC(C3CCC(C)CC3)CC2)c(C)c1C.[HH].[HH]. The van der Waals surface area contributed by atoms with E-state index in [2.05, 4.69) is 39.8 Å². The second-order valence-electron chi connectivity index (χ2n) is 8.80. The van der Waals surface area contributed by atoms with Gasteiger partial charge >= 0.3 is 0 Å². The molecule has 0 nitrogen and oxygen atoms in total. The third kappa shape index (κ3) is 4.01. The van der Waals surface area contributed by atoms with Crippen LogP contribution in [0.3, 0.4) is 0 Å². The Balaban J connectivity index is 0.00000156. The fourth-order valence-electron chi connectivity index (χ4n) is 5.17. The molecule has 0 saturated heterocycles. The van der Waals surface area contributed by atoms with Gasteiger partial charge < -0.3 is 0 Å². The Hall–Kier alpha value is -0.780. The van der Waals surface area contributed by atoms with Crippen molar-refractivity contribution in [3.63, 3.8) is 0 Å². The van der Waals surface area contributed by atoms with Crippen LogP contribution in [0.15, 0.2) is 12.1 Å². The third-order valence-corrected chi connectivity index (χ3v) is 7.30. The van der Waals surface area contributed by atoms with Gasteiger partial charge in [-0.3, -0.25) is 0 Å². The topological polar surface area (TPSA) is 0 Å². The summed E-state index contributed by atoms with van der Waals surface area (Å²) in [4.78, 5) is 0. The van der Waals surface area contributed by atoms with Crippen LogP contribution in [0, 0.1) is 44.4 Å². The molecule has 0 aliphatic heterocycles. The fraction of sp³-hybridized carbons (Fsp3) is 0.739. The van der Waals surface area contributed by atoms with E-state index >= 15 is 0 Å². The molecule has 0 aromatic heterocycles. The van der Waals surface area contributed by atoms with Crippen LogP contribution in [0.4, 0.5) is 0 Å². The fourth-order valence-corrected chi connectivity index (χ4v) is 5.17. The first-order chi connectivity index (χ1) is 11.0. The molecule has 0 heteroatoms. The molecule has 3 rings (SSSR count). The van der Waals surface area contributed by atoms with Crippen LogP contribution in [0.2, 0.25) is 0 Å². The third-order valence-electron chi connectivity index (χ3n) is 7.30. The first kappa shape index (κ1) is 17.1. The van der Waals surface area contributed by atoms with E-state index in [-0.39, 0.29) is 2.85 Å². The van der Waals surface area contributed by atoms with E-state index in [0.29, 0.717) is 0 Å². The van der Waals surface area contributed by atoms with E-state index < -0.39 is 0 Å². The highest BCUT2D eigenvalue weighted by atomic mass is 14.4. The summed E-state index contributed by atoms with van der Waals surface area (Å²) in [6.45, 7) is 9.29. The van der Waals surface area contributed by atoms with Crippen molar-refractivity contribution < 1.29 is 2.85 Å². The largest absolute Gasteiger partial charge is 0.0625 e. The van der Waals surface area contributed by atoms with E-state index in [1.807, 2.05) is 0 Å². The van der Waals surface area contributed by atoms with Crippen LogP contribution >= 0.6 is 0 Å². The standard InChI is InChI=1S/C23H36.2H2/c1-16-5-10-21(11-6-16)22-13-8-20(9-14-22)15-23-12-7-17(2)18(3)19(23)4;;/h7,12,16,20-22H,5-6,8-11,13-15H2,1-4H3;2*1H. The van der Waals surface area contributed by atoms with Crippen LogP contribution in [0.25, 0.3) is 0 Å². The number of aryl methyl sites for hydroxylation is 1. The molecule has 2 fully saturated rings. The maximum absolute atomic E-state index is 2.44. The highest BCUT2D eigenvalue weighted by Crippen LogP contribution is 2.42. The second-order valence-corrected chi connectivity index (χ2v) is 8.80. The zero-order chi connectivity index (χ0) is 16.4. The van der Waals surface area contributed by atoms with Crippen molar-refractivity contribution in [2.24, 2.45) is 23.7 Å². The van der Waals surface area contributed by atoms with Gasteiger partial charge in [0.15, 0.2) is 0 Å². The maximum atomic E-state index is 2.44. The lowest BCUT2D eigenvalue weighted by Crippen LogP contribution is -2.26. The number of benzene rings is 1. The van der Waals surface area contributed by atoms with Gasteiger partial charge in [0, 0.05) is 2.85 Å². The summed E-state index contributed by atoms with van der Waals surface area (Å²) in [6, 6.07) is 4.72. The predicted molar refractivity (Wildman–Crippen MR) is 105 cm³/mol. The van der Waals surface area contributed by atoms with E-state index in [4.69, 9.17) is 0 Å². The zero-order valence-electron chi connectivity index (χ0n) is 15.8. The highest BCUT2D eigenvalue weighted by molar-refractivity contribution is 5.38. The second kappa shape index (κ2) is 7.41. The van der Waals surface area contributed by atoms with E-state index in [0.717, 1.165) is 23.7 Å². The van der Waals surface area contributed by atoms with E-state index in [1.165, 1.54) is 68.9 Å². The summed E-state index contributed by atoms with van der Waals surface area (Å²) >= 11 is 0. The lowest BCUT2D eigenvalue weighted by molar-refractivity contribution is 0.150. The Bertz CT molecular complexity index is 521. The van der Waals surface area contributed by atoms with Gasteiger partial charge in [0.2, 0.25) is 0 Å². The molecule has 0 radical (unpaired) electrons. The summed E-state index contributed by atoms with van der Waals surface area (Å²) in [6.07, 6.45) is 13.3. The minimum atomic E-state index is 0. The summed E-state index contributed by atoms with van der Waals surface area (Å²) in [7, 11) is 0. The first-order valence-electron chi connectivity index (χ1n) is 10.1. The van der Waals surface area contributed by atoms with Gasteiger partial charge in [0.1, 0.15) is 0 Å². The molecule has 1 aromatic carbocycles. The molecule has 2 aliphatic carbocycles. The first-order valence-corrected chi connectivity index (χ1v) is 10.1. The monoisotopic (exact) mass is 316 g/mol. The van der Waals surface area contributed by atoms with Gasteiger partial charge in [0.25, 0.3) is 0 Å². The van der Waals surface area contributed by atoms with Gasteiger partial charge in [-0.05, 0) is 112 Å². The average molecular weight is 317 g/mol. The number of hydrogen-bond acceptors (Lipinski definition) is 0. The Kier molecular flexibility index (Phi) is 5.49. The lowest BCUT2D eigenvalue weighted by atomic mass is 9.68. The van der Waals surface area contributed by atoms with Crippen LogP contribution in [0.5, 0.6) is 0 Å². The molecule has 2 aliphatic rings. The van der Waals surface area contributed by atoms with Crippen LogP contribution in [0.1, 0.15) is 83.4 Å². The van der Waals surface area contributed by atoms with Gasteiger partial charge in [-0.2, -0.15) is 0 Å². The van der Waals surface area contributed by atoms with Crippen molar-refractivity contribution in [3.8, 4) is 0 Å². The molecule has 132 valence electrons. The molecular formula is C23H40. The molecule has 1 aromatic rings. The van der Waals surface area contributed by atoms with Gasteiger partial charge in [0.05, 0.1) is 0 Å². The number of hydrogen-bond donors (Lipinski definition) is 0. The van der Waals surface area contributed by atoms with Crippen molar-refractivity contribution in [2.75, 3.05) is 0 Å². The Morgan fingerprint density at radius 1 is 0.783 bits per heavy atom. The van der Waals surface area contributed by atoms with E-state index in [9.17, 15) is 0 Å². The predicted octanol–water partition coefficient (Wildman–Crippen LogP) is 7.28. The van der Waals surface area contributed by atoms with Crippen LogP contribution in [-0.4, -0.2) is 0 Å². The van der Waals surface area contributed by atoms with Crippen molar-refractivity contribution in [3.05, 3.63) is 34.4 Å². The zero-order valence-corrected chi connectivity index (χ0v) is 15.8. The van der Waals surface area contributed by atoms with Crippen molar-refractivity contribution in [1.82, 2.24) is 0 Å². The lowest BCUT2D eigenvalue weighted by Gasteiger charge is -2.37. The average Bonchev–Trinajstić information content (AvgIpc) is 2.57. The Labute approximate surface area is 147 Å². The molecule has 0 heterocycles. The van der Waals surface area contributed by atoms with Crippen molar-refractivity contribution in [1.29, 1.82) is 0 Å². The smallest absolute Gasteiger partial charge is 0 e. The molecule has 0 N–H and O–H groups in total. The normalized spacial score (nSPS) is 32.0. The minimum absolute atomic E-state index is 0. The highest BCUT2D eigenvalue weighted by Gasteiger charge is 2.30. The minimum Gasteiger partial charge on any atom is -0.0625 e. The molecule has 0 atom stereocenters. The van der Waals surface area contributed by atoms with Crippen LogP contribution in [-0.2, 0) is 6.42 Å². The number of rotatable bonds is 3. The van der Waals surface area contributed by atoms with Crippen LogP contribution < -0.4 is 0 Å². The molecule has 0 unspecified atom stereocenters. The quantitative estimate of drug-likeness (QED) is 0.549. The molecule has 0 spiro atoms. The summed E-state index contributed by atoms with van der Waals surface area (Å²) in [5, 5.41) is 0. The van der Waals surface area contributed by atoms with Gasteiger partial charge in [-0.1, -0.05) is 31.9 Å². The molecule has 2 saturated carbocycles. The van der Waals surface area contributed by atoms with Gasteiger partial charge in [-0.15, -0.1) is 0 Å². The summed E-state index contributed by atoms with van der Waals surface area (Å²) in [5.74, 6) is 4.06. The molecular weight excluding hydrogens is 276 g/mol. The van der Waals surface area contributed by atoms with E-state index in [1.54, 1.807) is 11.1 Å². The van der Waals surface area contributed by atoms with Crippen molar-refractivity contribution >= 4 is 0 Å². The Morgan fingerprint density at radius 3 is 1.96 bits per heavy atom. The van der Waals surface area contributed by atoms with Gasteiger partial charge in [-0.25, -0.2) is 0 Å². The molecule has 0 amide bonds. The summed E-state index contributed by atoms with van der Waals surface area (Å²) in [5.41, 5.74) is 6.12. The molecule has 23 heavy (non-hydrogen) atoms. The summed E-state index contributed by atoms with van der Waals surface area (Å²) < 4.78 is 0. The maximum Gasteiger partial charge on any atom is 0 e.